The Bertz CT molecular complexity index is 935. The Morgan fingerprint density at radius 3 is 2.76 bits per heavy atom. The Labute approximate surface area is 150 Å². The topological polar surface area (TPSA) is 43.4 Å². The molecule has 126 valence electrons. The van der Waals surface area contributed by atoms with Gasteiger partial charge in [-0.3, -0.25) is 0 Å². The van der Waals surface area contributed by atoms with Crippen molar-refractivity contribution >= 4 is 22.2 Å². The highest BCUT2D eigenvalue weighted by Gasteiger charge is 2.15. The van der Waals surface area contributed by atoms with E-state index in [0.717, 1.165) is 28.0 Å². The molecule has 0 amide bonds. The van der Waals surface area contributed by atoms with Crippen LogP contribution in [0.2, 0.25) is 0 Å². The van der Waals surface area contributed by atoms with Crippen molar-refractivity contribution in [2.24, 2.45) is 0 Å². The molecule has 0 fully saturated rings. The number of nitrogens with zero attached hydrogens (tertiary/aromatic N) is 1. The van der Waals surface area contributed by atoms with Gasteiger partial charge in [-0.1, -0.05) is 12.1 Å². The van der Waals surface area contributed by atoms with Crippen LogP contribution < -0.4 is 14.8 Å². The predicted octanol–water partition coefficient (Wildman–Crippen LogP) is 5.16. The average Bonchev–Trinajstić information content (AvgIpc) is 3.30. The lowest BCUT2D eigenvalue weighted by atomic mass is 9.90. The van der Waals surface area contributed by atoms with Gasteiger partial charge in [-0.25, -0.2) is 4.98 Å². The molecule has 25 heavy (non-hydrogen) atoms. The van der Waals surface area contributed by atoms with Crippen LogP contribution in [0.15, 0.2) is 41.8 Å². The van der Waals surface area contributed by atoms with Gasteiger partial charge in [0, 0.05) is 22.7 Å². The molecule has 3 aromatic rings. The predicted molar refractivity (Wildman–Crippen MR) is 100 cm³/mol. The van der Waals surface area contributed by atoms with Gasteiger partial charge in [-0.05, 0) is 55.0 Å². The van der Waals surface area contributed by atoms with Gasteiger partial charge in [0.1, 0.15) is 0 Å². The van der Waals surface area contributed by atoms with Crippen LogP contribution in [0.4, 0.5) is 10.8 Å². The van der Waals surface area contributed by atoms with Crippen LogP contribution in [0.25, 0.3) is 11.3 Å². The summed E-state index contributed by atoms with van der Waals surface area (Å²) in [5.74, 6) is 1.57. The smallest absolute Gasteiger partial charge is 0.231 e. The first kappa shape index (κ1) is 14.8. The summed E-state index contributed by atoms with van der Waals surface area (Å²) in [5, 5.41) is 6.35. The van der Waals surface area contributed by atoms with Crippen molar-refractivity contribution in [1.29, 1.82) is 0 Å². The molecular formula is C20H18N2O2S. The van der Waals surface area contributed by atoms with Crippen molar-refractivity contribution in [2.45, 2.75) is 25.7 Å². The lowest BCUT2D eigenvalue weighted by Crippen LogP contribution is -2.02. The van der Waals surface area contributed by atoms with Crippen molar-refractivity contribution in [3.8, 4) is 22.8 Å². The molecule has 4 nitrogen and oxygen atoms in total. The van der Waals surface area contributed by atoms with Crippen molar-refractivity contribution in [2.75, 3.05) is 12.1 Å². The van der Waals surface area contributed by atoms with Crippen LogP contribution in [0, 0.1) is 0 Å². The maximum Gasteiger partial charge on any atom is 0.231 e. The molecule has 0 unspecified atom stereocenters. The van der Waals surface area contributed by atoms with E-state index in [1.54, 1.807) is 11.3 Å². The highest BCUT2D eigenvalue weighted by Crippen LogP contribution is 2.36. The van der Waals surface area contributed by atoms with E-state index in [1.807, 2.05) is 18.2 Å². The van der Waals surface area contributed by atoms with E-state index in [-0.39, 0.29) is 0 Å². The summed E-state index contributed by atoms with van der Waals surface area (Å²) >= 11 is 1.62. The maximum absolute atomic E-state index is 5.42. The Balaban J connectivity index is 1.38. The largest absolute Gasteiger partial charge is 0.454 e. The SMILES string of the molecule is c1cc2c(cc1Nc1nc(-c3ccc4c(c3)CCCC4)cs1)OCO2. The lowest BCUT2D eigenvalue weighted by molar-refractivity contribution is 0.174. The number of aromatic nitrogens is 1. The van der Waals surface area contributed by atoms with Crippen molar-refractivity contribution in [3.63, 3.8) is 0 Å². The molecular weight excluding hydrogens is 332 g/mol. The van der Waals surface area contributed by atoms with E-state index in [0.29, 0.717) is 6.79 Å². The minimum absolute atomic E-state index is 0.290. The fraction of sp³-hybridized carbons (Fsp3) is 0.250. The molecule has 5 rings (SSSR count). The molecule has 0 bridgehead atoms. The molecule has 0 spiro atoms. The number of hydrogen-bond donors (Lipinski definition) is 1. The summed E-state index contributed by atoms with van der Waals surface area (Å²) in [6.45, 7) is 0.290. The van der Waals surface area contributed by atoms with E-state index >= 15 is 0 Å². The molecule has 2 aromatic carbocycles. The molecule has 1 N–H and O–H groups in total. The molecule has 1 aliphatic heterocycles. The van der Waals surface area contributed by atoms with Crippen LogP contribution in [0.3, 0.4) is 0 Å². The number of anilines is 2. The van der Waals surface area contributed by atoms with Crippen LogP contribution in [-0.4, -0.2) is 11.8 Å². The van der Waals surface area contributed by atoms with Gasteiger partial charge in [0.2, 0.25) is 6.79 Å². The van der Waals surface area contributed by atoms with Gasteiger partial charge in [-0.15, -0.1) is 11.3 Å². The molecule has 1 aromatic heterocycles. The Kier molecular flexibility index (Phi) is 3.59. The van der Waals surface area contributed by atoms with Gasteiger partial charge >= 0.3 is 0 Å². The summed E-state index contributed by atoms with van der Waals surface area (Å²) < 4.78 is 10.8. The van der Waals surface area contributed by atoms with Gasteiger partial charge < -0.3 is 14.8 Å². The summed E-state index contributed by atoms with van der Waals surface area (Å²) in [4.78, 5) is 4.75. The normalized spacial score (nSPS) is 15.0. The summed E-state index contributed by atoms with van der Waals surface area (Å²) in [7, 11) is 0. The molecule has 2 aliphatic rings. The minimum Gasteiger partial charge on any atom is -0.454 e. The third-order valence-electron chi connectivity index (χ3n) is 4.77. The number of aryl methyl sites for hydroxylation is 2. The van der Waals surface area contributed by atoms with Crippen LogP contribution in [0.1, 0.15) is 24.0 Å². The highest BCUT2D eigenvalue weighted by molar-refractivity contribution is 7.14. The zero-order valence-corrected chi connectivity index (χ0v) is 14.6. The van der Waals surface area contributed by atoms with Crippen molar-refractivity contribution in [1.82, 2.24) is 4.98 Å². The average molecular weight is 350 g/mol. The Morgan fingerprint density at radius 2 is 1.80 bits per heavy atom. The third kappa shape index (κ3) is 2.85. The zero-order chi connectivity index (χ0) is 16.6. The fourth-order valence-electron chi connectivity index (χ4n) is 3.45. The number of hydrogen-bond acceptors (Lipinski definition) is 5. The van der Waals surface area contributed by atoms with E-state index in [2.05, 4.69) is 28.9 Å². The lowest BCUT2D eigenvalue weighted by Gasteiger charge is -2.16. The summed E-state index contributed by atoms with van der Waals surface area (Å²) in [6.07, 6.45) is 5.01. The van der Waals surface area contributed by atoms with Gasteiger partial charge in [0.15, 0.2) is 16.6 Å². The molecule has 5 heteroatoms. The molecule has 0 radical (unpaired) electrons. The second kappa shape index (κ2) is 6.08. The highest BCUT2D eigenvalue weighted by atomic mass is 32.1. The van der Waals surface area contributed by atoms with Crippen molar-refractivity contribution < 1.29 is 9.47 Å². The van der Waals surface area contributed by atoms with E-state index in [9.17, 15) is 0 Å². The summed E-state index contributed by atoms with van der Waals surface area (Å²) in [5.41, 5.74) is 6.18. The standard InChI is InChI=1S/C20H18N2O2S/c1-2-4-14-9-15(6-5-13(14)3-1)17-11-25-20(22-17)21-16-7-8-18-19(10-16)24-12-23-18/h5-11H,1-4,12H2,(H,21,22). The Hall–Kier alpha value is -2.53. The van der Waals surface area contributed by atoms with Crippen LogP contribution >= 0.6 is 11.3 Å². The number of thiazole rings is 1. The van der Waals surface area contributed by atoms with Crippen LogP contribution in [0.5, 0.6) is 11.5 Å². The molecule has 0 saturated heterocycles. The monoisotopic (exact) mass is 350 g/mol. The zero-order valence-electron chi connectivity index (χ0n) is 13.7. The first-order chi connectivity index (χ1) is 12.3. The van der Waals surface area contributed by atoms with E-state index in [1.165, 1.54) is 42.4 Å². The van der Waals surface area contributed by atoms with Crippen LogP contribution in [-0.2, 0) is 12.8 Å². The second-order valence-corrected chi connectivity index (χ2v) is 7.28. The first-order valence-corrected chi connectivity index (χ1v) is 9.47. The number of rotatable bonds is 3. The first-order valence-electron chi connectivity index (χ1n) is 8.59. The maximum atomic E-state index is 5.42. The number of nitrogens with one attached hydrogen (secondary N) is 1. The fourth-order valence-corrected chi connectivity index (χ4v) is 4.19. The molecule has 1 aliphatic carbocycles. The van der Waals surface area contributed by atoms with Gasteiger partial charge in [0.05, 0.1) is 5.69 Å². The third-order valence-corrected chi connectivity index (χ3v) is 5.53. The molecule has 2 heterocycles. The second-order valence-electron chi connectivity index (χ2n) is 6.42. The molecule has 0 atom stereocenters. The number of benzene rings is 2. The number of fused-ring (bicyclic) bond motifs is 2. The number of ether oxygens (including phenoxy) is 2. The summed E-state index contributed by atoms with van der Waals surface area (Å²) in [6, 6.07) is 12.6. The Morgan fingerprint density at radius 1 is 0.920 bits per heavy atom. The quantitative estimate of drug-likeness (QED) is 0.708. The van der Waals surface area contributed by atoms with Crippen molar-refractivity contribution in [3.05, 3.63) is 52.9 Å². The van der Waals surface area contributed by atoms with Gasteiger partial charge in [0.25, 0.3) is 0 Å². The minimum atomic E-state index is 0.290. The van der Waals surface area contributed by atoms with Gasteiger partial charge in [-0.2, -0.15) is 0 Å². The molecule has 0 saturated carbocycles. The van der Waals surface area contributed by atoms with E-state index in [4.69, 9.17) is 14.5 Å². The van der Waals surface area contributed by atoms with E-state index < -0.39 is 0 Å².